The number of pyridine rings is 1. The van der Waals surface area contributed by atoms with E-state index in [1.807, 2.05) is 0 Å². The van der Waals surface area contributed by atoms with Crippen LogP contribution in [0.25, 0.3) is 0 Å². The molecule has 0 aromatic carbocycles. The molecule has 0 N–H and O–H groups in total. The lowest BCUT2D eigenvalue weighted by Crippen LogP contribution is -2.11. The van der Waals surface area contributed by atoms with E-state index in [1.54, 1.807) is 24.0 Å². The van der Waals surface area contributed by atoms with Gasteiger partial charge in [0.15, 0.2) is 0 Å². The van der Waals surface area contributed by atoms with Crippen LogP contribution in [0.3, 0.4) is 0 Å². The summed E-state index contributed by atoms with van der Waals surface area (Å²) in [4.78, 5) is 7.73. The van der Waals surface area contributed by atoms with Gasteiger partial charge in [0.1, 0.15) is 11.1 Å². The first kappa shape index (κ1) is 11.4. The number of aliphatic imine (C=N–C) groups is 1. The summed E-state index contributed by atoms with van der Waals surface area (Å²) in [6.07, 6.45) is -2.14. The minimum atomic E-state index is -4.37. The average Bonchev–Trinajstić information content (AvgIpc) is 2.70. The molecule has 6 heteroatoms. The fourth-order valence-electron chi connectivity index (χ4n) is 1.40. The van der Waals surface area contributed by atoms with Crippen LogP contribution in [0.2, 0.25) is 0 Å². The molecular weight excluding hydrogens is 237 g/mol. The highest BCUT2D eigenvalue weighted by molar-refractivity contribution is 8.00. The van der Waals surface area contributed by atoms with Gasteiger partial charge in [-0.15, -0.1) is 11.8 Å². The van der Waals surface area contributed by atoms with Crippen LogP contribution in [0.4, 0.5) is 13.2 Å². The normalized spacial score (nSPS) is 20.3. The minimum absolute atomic E-state index is 0.0102. The fraction of sp³-hybridized carbons (Fsp3) is 0.400. The van der Waals surface area contributed by atoms with Gasteiger partial charge in [-0.05, 0) is 12.1 Å². The van der Waals surface area contributed by atoms with Gasteiger partial charge in [-0.25, -0.2) is 4.98 Å². The predicted octanol–water partition coefficient (Wildman–Crippen LogP) is 2.79. The van der Waals surface area contributed by atoms with Crippen molar-refractivity contribution in [1.29, 1.82) is 0 Å². The van der Waals surface area contributed by atoms with Crippen molar-refractivity contribution >= 4 is 18.0 Å². The summed E-state index contributed by atoms with van der Waals surface area (Å²) in [7, 11) is 0. The number of alkyl halides is 3. The van der Waals surface area contributed by atoms with Crippen LogP contribution in [0, 0.1) is 0 Å². The molecule has 1 aromatic rings. The number of hydrogen-bond acceptors (Lipinski definition) is 3. The van der Waals surface area contributed by atoms with E-state index in [0.29, 0.717) is 12.1 Å². The van der Waals surface area contributed by atoms with E-state index >= 15 is 0 Å². The van der Waals surface area contributed by atoms with E-state index in [1.165, 1.54) is 6.07 Å². The Balaban J connectivity index is 2.13. The molecule has 0 aliphatic carbocycles. The summed E-state index contributed by atoms with van der Waals surface area (Å²) in [6, 6.07) is 3.96. The predicted molar refractivity (Wildman–Crippen MR) is 57.7 cm³/mol. The number of rotatable bonds is 2. The zero-order valence-electron chi connectivity index (χ0n) is 8.24. The molecule has 0 saturated heterocycles. The van der Waals surface area contributed by atoms with Gasteiger partial charge >= 0.3 is 6.18 Å². The lowest BCUT2D eigenvalue weighted by atomic mass is 10.2. The van der Waals surface area contributed by atoms with Crippen LogP contribution in [0.15, 0.2) is 23.2 Å². The first-order valence-electron chi connectivity index (χ1n) is 4.72. The van der Waals surface area contributed by atoms with Crippen molar-refractivity contribution in [2.24, 2.45) is 4.99 Å². The second kappa shape index (κ2) is 4.45. The molecule has 2 nitrogen and oxygen atoms in total. The van der Waals surface area contributed by atoms with Crippen molar-refractivity contribution in [2.75, 3.05) is 5.75 Å². The molecule has 1 atom stereocenters. The third-order valence-electron chi connectivity index (χ3n) is 2.12. The standard InChI is InChI=1S/C10H9F3N2S/c11-10(12,13)8-3-1-2-7(15-8)6-9-14-4-5-16-9/h1-4,9H,5-6H2. The van der Waals surface area contributed by atoms with Gasteiger partial charge in [0.05, 0.1) is 0 Å². The van der Waals surface area contributed by atoms with Gasteiger partial charge in [-0.3, -0.25) is 4.99 Å². The number of nitrogens with zero attached hydrogens (tertiary/aromatic N) is 2. The Kier molecular flexibility index (Phi) is 3.18. The lowest BCUT2D eigenvalue weighted by Gasteiger charge is -2.09. The van der Waals surface area contributed by atoms with Crippen molar-refractivity contribution in [3.05, 3.63) is 29.6 Å². The van der Waals surface area contributed by atoms with Crippen molar-refractivity contribution < 1.29 is 13.2 Å². The highest BCUT2D eigenvalue weighted by Crippen LogP contribution is 2.28. The van der Waals surface area contributed by atoms with Crippen molar-refractivity contribution in [2.45, 2.75) is 18.0 Å². The molecule has 1 aromatic heterocycles. The SMILES string of the molecule is FC(F)(F)c1cccc(CC2N=CCS2)n1. The van der Waals surface area contributed by atoms with E-state index in [0.717, 1.165) is 11.8 Å². The van der Waals surface area contributed by atoms with Crippen LogP contribution < -0.4 is 0 Å². The third kappa shape index (κ3) is 2.75. The average molecular weight is 246 g/mol. The zero-order chi connectivity index (χ0) is 11.6. The number of thioether (sulfide) groups is 1. The van der Waals surface area contributed by atoms with Gasteiger partial charge in [-0.2, -0.15) is 13.2 Å². The van der Waals surface area contributed by atoms with E-state index in [9.17, 15) is 13.2 Å². The summed E-state index contributed by atoms with van der Waals surface area (Å²) in [5.41, 5.74) is -0.400. The number of halogens is 3. The molecule has 1 unspecified atom stereocenters. The third-order valence-corrected chi connectivity index (χ3v) is 3.13. The quantitative estimate of drug-likeness (QED) is 0.801. The van der Waals surface area contributed by atoms with Crippen LogP contribution in [-0.4, -0.2) is 22.3 Å². The summed E-state index contributed by atoms with van der Waals surface area (Å²) in [6.45, 7) is 0. The molecule has 0 saturated carbocycles. The van der Waals surface area contributed by atoms with E-state index in [2.05, 4.69) is 9.98 Å². The van der Waals surface area contributed by atoms with Crippen LogP contribution in [-0.2, 0) is 12.6 Å². The molecule has 0 radical (unpaired) electrons. The maximum absolute atomic E-state index is 12.4. The van der Waals surface area contributed by atoms with Gasteiger partial charge in [0, 0.05) is 24.1 Å². The van der Waals surface area contributed by atoms with E-state index in [4.69, 9.17) is 0 Å². The molecule has 16 heavy (non-hydrogen) atoms. The first-order chi connectivity index (χ1) is 7.55. The summed E-state index contributed by atoms with van der Waals surface area (Å²) >= 11 is 1.61. The Morgan fingerprint density at radius 1 is 1.38 bits per heavy atom. The summed E-state index contributed by atoms with van der Waals surface area (Å²) in [5.74, 6) is 0.823. The van der Waals surface area contributed by atoms with E-state index in [-0.39, 0.29) is 5.37 Å². The van der Waals surface area contributed by atoms with Gasteiger partial charge in [-0.1, -0.05) is 6.07 Å². The summed E-state index contributed by atoms with van der Waals surface area (Å²) < 4.78 is 37.2. The number of aromatic nitrogens is 1. The van der Waals surface area contributed by atoms with Crippen LogP contribution in [0.1, 0.15) is 11.4 Å². The molecule has 2 heterocycles. The maximum Gasteiger partial charge on any atom is 0.433 e. The Morgan fingerprint density at radius 2 is 2.19 bits per heavy atom. The van der Waals surface area contributed by atoms with Crippen LogP contribution in [0.5, 0.6) is 0 Å². The molecule has 0 fully saturated rings. The number of hydrogen-bond donors (Lipinski definition) is 0. The van der Waals surface area contributed by atoms with Crippen LogP contribution >= 0.6 is 11.8 Å². The fourth-order valence-corrected chi connectivity index (χ4v) is 2.25. The van der Waals surface area contributed by atoms with Gasteiger partial charge in [0.25, 0.3) is 0 Å². The monoisotopic (exact) mass is 246 g/mol. The maximum atomic E-state index is 12.4. The Bertz CT molecular complexity index is 403. The topological polar surface area (TPSA) is 25.2 Å². The second-order valence-electron chi connectivity index (χ2n) is 3.34. The highest BCUT2D eigenvalue weighted by atomic mass is 32.2. The highest BCUT2D eigenvalue weighted by Gasteiger charge is 2.32. The van der Waals surface area contributed by atoms with Crippen molar-refractivity contribution in [3.8, 4) is 0 Å². The molecule has 0 spiro atoms. The van der Waals surface area contributed by atoms with Gasteiger partial charge in [0.2, 0.25) is 0 Å². The first-order valence-corrected chi connectivity index (χ1v) is 5.77. The molecule has 86 valence electrons. The Labute approximate surface area is 95.0 Å². The molecule has 1 aliphatic rings. The molecule has 0 bridgehead atoms. The second-order valence-corrected chi connectivity index (χ2v) is 4.55. The largest absolute Gasteiger partial charge is 0.433 e. The molecule has 0 amide bonds. The minimum Gasteiger partial charge on any atom is -0.282 e. The zero-order valence-corrected chi connectivity index (χ0v) is 9.05. The molecular formula is C10H9F3N2S. The lowest BCUT2D eigenvalue weighted by molar-refractivity contribution is -0.141. The molecule has 2 rings (SSSR count). The van der Waals surface area contributed by atoms with E-state index < -0.39 is 11.9 Å². The van der Waals surface area contributed by atoms with Gasteiger partial charge < -0.3 is 0 Å². The Hall–Kier alpha value is -1.04. The van der Waals surface area contributed by atoms with Crippen molar-refractivity contribution in [1.82, 2.24) is 4.98 Å². The summed E-state index contributed by atoms with van der Waals surface area (Å²) in [5, 5.41) is 0.0102. The Morgan fingerprint density at radius 3 is 2.81 bits per heavy atom. The molecule has 1 aliphatic heterocycles. The smallest absolute Gasteiger partial charge is 0.282 e. The van der Waals surface area contributed by atoms with Crippen molar-refractivity contribution in [3.63, 3.8) is 0 Å².